The van der Waals surface area contributed by atoms with Crippen molar-refractivity contribution in [2.45, 2.75) is 19.9 Å². The van der Waals surface area contributed by atoms with E-state index < -0.39 is 0 Å². The van der Waals surface area contributed by atoms with Gasteiger partial charge in [0.25, 0.3) is 0 Å². The van der Waals surface area contributed by atoms with Gasteiger partial charge in [-0.25, -0.2) is 4.98 Å². The number of ether oxygens (including phenoxy) is 2. The number of hydrogen-bond acceptors (Lipinski definition) is 4. The Labute approximate surface area is 136 Å². The lowest BCUT2D eigenvalue weighted by Crippen LogP contribution is -2.17. The molecule has 5 heteroatoms. The highest BCUT2D eigenvalue weighted by molar-refractivity contribution is 6.30. The van der Waals surface area contributed by atoms with Crippen LogP contribution in [-0.4, -0.2) is 25.7 Å². The molecule has 118 valence electrons. The number of rotatable bonds is 7. The average Bonchev–Trinajstić information content (AvgIpc) is 2.50. The second-order valence-electron chi connectivity index (χ2n) is 5.07. The van der Waals surface area contributed by atoms with Crippen molar-refractivity contribution in [3.05, 3.63) is 52.2 Å². The van der Waals surface area contributed by atoms with E-state index in [1.807, 2.05) is 25.1 Å². The van der Waals surface area contributed by atoms with Gasteiger partial charge in [0.2, 0.25) is 5.88 Å². The van der Waals surface area contributed by atoms with E-state index in [-0.39, 0.29) is 0 Å². The van der Waals surface area contributed by atoms with Crippen molar-refractivity contribution in [2.24, 2.45) is 0 Å². The Morgan fingerprint density at radius 1 is 1.14 bits per heavy atom. The lowest BCUT2D eigenvalue weighted by Gasteiger charge is -2.10. The van der Waals surface area contributed by atoms with Crippen molar-refractivity contribution in [2.75, 3.05) is 20.8 Å². The molecule has 0 unspecified atom stereocenters. The number of aromatic nitrogens is 1. The highest BCUT2D eigenvalue weighted by Crippen LogP contribution is 2.20. The minimum atomic E-state index is 0.598. The van der Waals surface area contributed by atoms with Crippen molar-refractivity contribution in [1.82, 2.24) is 10.3 Å². The second-order valence-corrected chi connectivity index (χ2v) is 5.50. The quantitative estimate of drug-likeness (QED) is 0.794. The Bertz CT molecular complexity index is 612. The summed E-state index contributed by atoms with van der Waals surface area (Å²) in [4.78, 5) is 4.43. The molecule has 0 saturated heterocycles. The first-order valence-corrected chi connectivity index (χ1v) is 7.55. The smallest absolute Gasteiger partial charge is 0.213 e. The molecule has 0 saturated carbocycles. The van der Waals surface area contributed by atoms with E-state index in [0.29, 0.717) is 5.88 Å². The maximum atomic E-state index is 6.06. The van der Waals surface area contributed by atoms with E-state index in [4.69, 9.17) is 21.1 Å². The Morgan fingerprint density at radius 3 is 2.64 bits per heavy atom. The van der Waals surface area contributed by atoms with E-state index >= 15 is 0 Å². The van der Waals surface area contributed by atoms with Gasteiger partial charge in [-0.2, -0.15) is 0 Å². The van der Waals surface area contributed by atoms with Gasteiger partial charge in [-0.3, -0.25) is 0 Å². The molecule has 0 aliphatic heterocycles. The van der Waals surface area contributed by atoms with Crippen LogP contribution in [0.1, 0.15) is 16.8 Å². The van der Waals surface area contributed by atoms with Gasteiger partial charge in [0.05, 0.1) is 19.9 Å². The first-order chi connectivity index (χ1) is 10.6. The fourth-order valence-electron chi connectivity index (χ4n) is 2.30. The third kappa shape index (κ3) is 4.61. The van der Waals surface area contributed by atoms with Crippen LogP contribution in [-0.2, 0) is 13.0 Å². The SMILES string of the molecule is COc1ccc(OC)c(CCNCc2cc(C)cc(Cl)c2)n1. The minimum Gasteiger partial charge on any atom is -0.495 e. The monoisotopic (exact) mass is 320 g/mol. The third-order valence-electron chi connectivity index (χ3n) is 3.31. The van der Waals surface area contributed by atoms with Gasteiger partial charge in [-0.05, 0) is 36.2 Å². The molecule has 1 heterocycles. The first-order valence-electron chi connectivity index (χ1n) is 7.17. The Balaban J connectivity index is 1.90. The second kappa shape index (κ2) is 8.01. The molecule has 0 bridgehead atoms. The summed E-state index contributed by atoms with van der Waals surface area (Å²) in [6.45, 7) is 3.61. The fraction of sp³-hybridized carbons (Fsp3) is 0.353. The van der Waals surface area contributed by atoms with Crippen LogP contribution in [0, 0.1) is 6.92 Å². The number of hydrogen-bond donors (Lipinski definition) is 1. The van der Waals surface area contributed by atoms with E-state index in [9.17, 15) is 0 Å². The molecule has 1 aromatic carbocycles. The summed E-state index contributed by atoms with van der Waals surface area (Å²) in [7, 11) is 3.26. The number of nitrogens with one attached hydrogen (secondary N) is 1. The molecular formula is C17H21ClN2O2. The summed E-state index contributed by atoms with van der Waals surface area (Å²) in [5.74, 6) is 1.38. The third-order valence-corrected chi connectivity index (χ3v) is 3.52. The van der Waals surface area contributed by atoms with E-state index in [2.05, 4.69) is 16.4 Å². The standard InChI is InChI=1S/C17H21ClN2O2/c1-12-8-13(10-14(18)9-12)11-19-7-6-15-16(21-2)4-5-17(20-15)22-3/h4-5,8-10,19H,6-7,11H2,1-3H3. The zero-order chi connectivity index (χ0) is 15.9. The molecule has 2 aromatic rings. The van der Waals surface area contributed by atoms with Crippen LogP contribution in [0.5, 0.6) is 11.6 Å². The van der Waals surface area contributed by atoms with Gasteiger partial charge >= 0.3 is 0 Å². The number of nitrogens with zero attached hydrogens (tertiary/aromatic N) is 1. The summed E-state index contributed by atoms with van der Waals surface area (Å²) in [5, 5.41) is 4.17. The molecule has 0 fully saturated rings. The lowest BCUT2D eigenvalue weighted by molar-refractivity contribution is 0.381. The molecule has 4 nitrogen and oxygen atoms in total. The average molecular weight is 321 g/mol. The summed E-state index contributed by atoms with van der Waals surface area (Å²) in [6.07, 6.45) is 0.764. The van der Waals surface area contributed by atoms with Gasteiger partial charge in [0.15, 0.2) is 0 Å². The minimum absolute atomic E-state index is 0.598. The van der Waals surface area contributed by atoms with Crippen molar-refractivity contribution in [3.8, 4) is 11.6 Å². The summed E-state index contributed by atoms with van der Waals surface area (Å²) >= 11 is 6.06. The molecule has 22 heavy (non-hydrogen) atoms. The zero-order valence-corrected chi connectivity index (χ0v) is 13.9. The highest BCUT2D eigenvalue weighted by Gasteiger charge is 2.06. The zero-order valence-electron chi connectivity index (χ0n) is 13.1. The topological polar surface area (TPSA) is 43.4 Å². The van der Waals surface area contributed by atoms with E-state index in [1.54, 1.807) is 20.3 Å². The van der Waals surface area contributed by atoms with Crippen molar-refractivity contribution >= 4 is 11.6 Å². The van der Waals surface area contributed by atoms with E-state index in [0.717, 1.165) is 36.0 Å². The van der Waals surface area contributed by atoms with Crippen molar-refractivity contribution < 1.29 is 9.47 Å². The predicted molar refractivity (Wildman–Crippen MR) is 88.9 cm³/mol. The van der Waals surface area contributed by atoms with Crippen LogP contribution >= 0.6 is 11.6 Å². The number of benzene rings is 1. The molecule has 0 radical (unpaired) electrons. The molecule has 0 aliphatic rings. The van der Waals surface area contributed by atoms with Crippen LogP contribution in [0.25, 0.3) is 0 Å². The number of pyridine rings is 1. The molecule has 1 N–H and O–H groups in total. The molecule has 0 amide bonds. The van der Waals surface area contributed by atoms with E-state index in [1.165, 1.54) is 11.1 Å². The van der Waals surface area contributed by atoms with Gasteiger partial charge < -0.3 is 14.8 Å². The first kappa shape index (κ1) is 16.6. The summed E-state index contributed by atoms with van der Waals surface area (Å²) in [5.41, 5.74) is 3.23. The van der Waals surface area contributed by atoms with Crippen LogP contribution in [0.4, 0.5) is 0 Å². The van der Waals surface area contributed by atoms with Gasteiger partial charge in [0.1, 0.15) is 5.75 Å². The van der Waals surface area contributed by atoms with Gasteiger partial charge in [-0.15, -0.1) is 0 Å². The maximum Gasteiger partial charge on any atom is 0.213 e. The molecule has 0 atom stereocenters. The molecule has 0 spiro atoms. The Hall–Kier alpha value is -1.78. The lowest BCUT2D eigenvalue weighted by atomic mass is 10.1. The largest absolute Gasteiger partial charge is 0.495 e. The summed E-state index contributed by atoms with van der Waals surface area (Å²) in [6, 6.07) is 9.73. The number of methoxy groups -OCH3 is 2. The van der Waals surface area contributed by atoms with Crippen molar-refractivity contribution in [3.63, 3.8) is 0 Å². The van der Waals surface area contributed by atoms with Crippen molar-refractivity contribution in [1.29, 1.82) is 0 Å². The molecule has 1 aromatic heterocycles. The predicted octanol–water partition coefficient (Wildman–Crippen LogP) is 3.39. The normalized spacial score (nSPS) is 10.5. The maximum absolute atomic E-state index is 6.06. The van der Waals surface area contributed by atoms with Gasteiger partial charge in [-0.1, -0.05) is 17.7 Å². The van der Waals surface area contributed by atoms with Crippen LogP contribution in [0.3, 0.4) is 0 Å². The van der Waals surface area contributed by atoms with Gasteiger partial charge in [0, 0.05) is 30.6 Å². The molecule has 2 rings (SSSR count). The molecule has 0 aliphatic carbocycles. The fourth-order valence-corrected chi connectivity index (χ4v) is 2.61. The Kier molecular flexibility index (Phi) is 6.04. The Morgan fingerprint density at radius 2 is 1.95 bits per heavy atom. The molecular weight excluding hydrogens is 300 g/mol. The van der Waals surface area contributed by atoms with Crippen LogP contribution in [0.15, 0.2) is 30.3 Å². The number of aryl methyl sites for hydroxylation is 1. The van der Waals surface area contributed by atoms with Crippen LogP contribution in [0.2, 0.25) is 5.02 Å². The van der Waals surface area contributed by atoms with Crippen LogP contribution < -0.4 is 14.8 Å². The summed E-state index contributed by atoms with van der Waals surface area (Å²) < 4.78 is 10.5. The number of halogens is 1. The highest BCUT2D eigenvalue weighted by atomic mass is 35.5.